The summed E-state index contributed by atoms with van der Waals surface area (Å²) < 4.78 is 5.37. The Morgan fingerprint density at radius 2 is 1.18 bits per heavy atom. The van der Waals surface area contributed by atoms with Crippen molar-refractivity contribution in [2.45, 2.75) is 13.8 Å². The number of phenolic OH excluding ortho intramolecular Hbond substituents is 1. The Morgan fingerprint density at radius 3 is 1.73 bits per heavy atom. The molecule has 3 aromatic carbocycles. The number of hydrogen-bond donors (Lipinski definition) is 3. The van der Waals surface area contributed by atoms with Gasteiger partial charge in [0.2, 0.25) is 0 Å². The molecule has 0 saturated heterocycles. The van der Waals surface area contributed by atoms with E-state index in [1.807, 2.05) is 42.7 Å². The second kappa shape index (κ2) is 8.40. The van der Waals surface area contributed by atoms with Crippen molar-refractivity contribution < 1.29 is 9.84 Å². The van der Waals surface area contributed by atoms with Gasteiger partial charge in [0.25, 0.3) is 0 Å². The van der Waals surface area contributed by atoms with Gasteiger partial charge in [0.05, 0.1) is 7.11 Å². The Balaban J connectivity index is 1.47. The molecule has 0 bridgehead atoms. The number of benzene rings is 3. The zero-order chi connectivity index (χ0) is 22.9. The van der Waals surface area contributed by atoms with Crippen LogP contribution in [-0.4, -0.2) is 22.2 Å². The van der Waals surface area contributed by atoms with Crippen molar-refractivity contribution >= 4 is 0 Å². The largest absolute Gasteiger partial charge is 0.508 e. The zero-order valence-electron chi connectivity index (χ0n) is 18.9. The van der Waals surface area contributed by atoms with Crippen molar-refractivity contribution in [3.8, 4) is 56.3 Å². The van der Waals surface area contributed by atoms with Crippen molar-refractivity contribution in [3.05, 3.63) is 96.3 Å². The second-order valence-electron chi connectivity index (χ2n) is 8.37. The molecule has 0 unspecified atom stereocenters. The van der Waals surface area contributed by atoms with Gasteiger partial charge < -0.3 is 19.8 Å². The number of H-pyrrole nitrogens is 2. The van der Waals surface area contributed by atoms with Crippen LogP contribution >= 0.6 is 0 Å². The van der Waals surface area contributed by atoms with E-state index in [1.54, 1.807) is 19.2 Å². The number of aromatic hydroxyl groups is 1. The predicted molar refractivity (Wildman–Crippen MR) is 135 cm³/mol. The Bertz CT molecular complexity index is 1440. The number of nitrogens with one attached hydrogen (secondary N) is 2. The van der Waals surface area contributed by atoms with Gasteiger partial charge in [0.15, 0.2) is 0 Å². The molecular weight excluding hydrogens is 408 g/mol. The van der Waals surface area contributed by atoms with Gasteiger partial charge in [0.1, 0.15) is 11.5 Å². The van der Waals surface area contributed by atoms with Crippen LogP contribution in [0.3, 0.4) is 0 Å². The van der Waals surface area contributed by atoms with Crippen LogP contribution in [0.2, 0.25) is 0 Å². The molecule has 2 aromatic heterocycles. The molecule has 164 valence electrons. The maximum absolute atomic E-state index is 9.80. The van der Waals surface area contributed by atoms with Crippen LogP contribution in [0.5, 0.6) is 11.5 Å². The fourth-order valence-electron chi connectivity index (χ4n) is 4.32. The average Bonchev–Trinajstić information content (AvgIpc) is 3.51. The van der Waals surface area contributed by atoms with Gasteiger partial charge in [-0.05, 0) is 95.8 Å². The summed E-state index contributed by atoms with van der Waals surface area (Å²) in [5, 5.41) is 9.80. The van der Waals surface area contributed by atoms with Crippen LogP contribution in [0.1, 0.15) is 11.1 Å². The van der Waals surface area contributed by atoms with Gasteiger partial charge in [0, 0.05) is 34.9 Å². The van der Waals surface area contributed by atoms with Crippen molar-refractivity contribution in [1.82, 2.24) is 9.97 Å². The first kappa shape index (κ1) is 20.7. The summed E-state index contributed by atoms with van der Waals surface area (Å²) in [6.45, 7) is 4.28. The van der Waals surface area contributed by atoms with E-state index in [9.17, 15) is 5.11 Å². The van der Waals surface area contributed by atoms with Crippen LogP contribution in [0.15, 0.2) is 85.2 Å². The first-order chi connectivity index (χ1) is 16.0. The van der Waals surface area contributed by atoms with Gasteiger partial charge in [-0.2, -0.15) is 0 Å². The van der Waals surface area contributed by atoms with E-state index in [0.29, 0.717) is 0 Å². The summed E-state index contributed by atoms with van der Waals surface area (Å²) in [6, 6.07) is 24.2. The van der Waals surface area contributed by atoms with E-state index < -0.39 is 0 Å². The monoisotopic (exact) mass is 434 g/mol. The molecule has 0 aliphatic heterocycles. The van der Waals surface area contributed by atoms with E-state index >= 15 is 0 Å². The van der Waals surface area contributed by atoms with Crippen LogP contribution in [-0.2, 0) is 0 Å². The summed E-state index contributed by atoms with van der Waals surface area (Å²) in [6.07, 6.45) is 4.03. The summed E-state index contributed by atoms with van der Waals surface area (Å²) in [5.74, 6) is 1.12. The van der Waals surface area contributed by atoms with E-state index in [1.165, 1.54) is 22.3 Å². The zero-order valence-corrected chi connectivity index (χ0v) is 18.9. The Hall–Kier alpha value is -4.18. The maximum atomic E-state index is 9.80. The Morgan fingerprint density at radius 1 is 0.636 bits per heavy atom. The molecular formula is C29H26N2O2. The normalized spacial score (nSPS) is 11.0. The van der Waals surface area contributed by atoms with Crippen LogP contribution in [0, 0.1) is 13.8 Å². The summed E-state index contributed by atoms with van der Waals surface area (Å²) in [5.41, 5.74) is 11.2. The van der Waals surface area contributed by atoms with Gasteiger partial charge in [-0.1, -0.05) is 24.3 Å². The molecule has 2 heterocycles. The number of aryl methyl sites for hydroxylation is 2. The van der Waals surface area contributed by atoms with Crippen molar-refractivity contribution in [2.75, 3.05) is 7.11 Å². The van der Waals surface area contributed by atoms with Gasteiger partial charge in [-0.25, -0.2) is 0 Å². The lowest BCUT2D eigenvalue weighted by atomic mass is 9.95. The average molecular weight is 435 g/mol. The van der Waals surface area contributed by atoms with Gasteiger partial charge >= 0.3 is 0 Å². The lowest BCUT2D eigenvalue weighted by Crippen LogP contribution is -1.90. The van der Waals surface area contributed by atoms with Crippen molar-refractivity contribution in [3.63, 3.8) is 0 Å². The number of phenols is 1. The minimum Gasteiger partial charge on any atom is -0.508 e. The Kier molecular flexibility index (Phi) is 5.27. The first-order valence-corrected chi connectivity index (χ1v) is 10.9. The maximum Gasteiger partial charge on any atom is 0.119 e. The summed E-state index contributed by atoms with van der Waals surface area (Å²) in [7, 11) is 1.69. The van der Waals surface area contributed by atoms with Crippen molar-refractivity contribution in [2.24, 2.45) is 0 Å². The van der Waals surface area contributed by atoms with E-state index in [-0.39, 0.29) is 5.75 Å². The highest BCUT2D eigenvalue weighted by Crippen LogP contribution is 2.35. The highest BCUT2D eigenvalue weighted by molar-refractivity contribution is 5.79. The smallest absolute Gasteiger partial charge is 0.119 e. The molecule has 0 radical (unpaired) electrons. The third kappa shape index (κ3) is 4.03. The molecule has 4 nitrogen and oxygen atoms in total. The fraction of sp³-hybridized carbons (Fsp3) is 0.103. The molecule has 0 atom stereocenters. The molecule has 0 fully saturated rings. The van der Waals surface area contributed by atoms with E-state index in [4.69, 9.17) is 4.74 Å². The lowest BCUT2D eigenvalue weighted by Gasteiger charge is -2.11. The quantitative estimate of drug-likeness (QED) is 0.271. The van der Waals surface area contributed by atoms with Crippen molar-refractivity contribution in [1.29, 1.82) is 0 Å². The molecule has 3 N–H and O–H groups in total. The molecule has 5 aromatic rings. The molecule has 0 amide bonds. The number of aromatic amines is 2. The highest BCUT2D eigenvalue weighted by atomic mass is 16.5. The third-order valence-electron chi connectivity index (χ3n) is 6.10. The fourth-order valence-corrected chi connectivity index (χ4v) is 4.32. The molecule has 0 saturated carbocycles. The standard InChI is InChI=1S/C29H26N2O2/c1-18-11-27(29-15-23(17-31-29)21-7-5-9-25(13-21)33-3)19(2)10-26(18)28-14-22(16-30-28)20-6-4-8-24(32)12-20/h4-17,30-32H,1-3H3. The first-order valence-electron chi connectivity index (χ1n) is 10.9. The summed E-state index contributed by atoms with van der Waals surface area (Å²) >= 11 is 0. The number of rotatable bonds is 5. The van der Waals surface area contributed by atoms with E-state index in [0.717, 1.165) is 39.4 Å². The minimum absolute atomic E-state index is 0.269. The number of methoxy groups -OCH3 is 1. The van der Waals surface area contributed by atoms with Crippen LogP contribution < -0.4 is 4.74 Å². The minimum atomic E-state index is 0.269. The third-order valence-corrected chi connectivity index (χ3v) is 6.10. The second-order valence-corrected chi connectivity index (χ2v) is 8.37. The summed E-state index contributed by atoms with van der Waals surface area (Å²) in [4.78, 5) is 6.85. The molecule has 0 spiro atoms. The number of aromatic nitrogens is 2. The van der Waals surface area contributed by atoms with E-state index in [2.05, 4.69) is 54.1 Å². The SMILES string of the molecule is COc1cccc(-c2c[nH]c(-c3cc(C)c(-c4cc(-c5cccc(O)c5)c[nH]4)cc3C)c2)c1. The van der Waals surface area contributed by atoms with Gasteiger partial charge in [-0.15, -0.1) is 0 Å². The predicted octanol–water partition coefficient (Wildman–Crippen LogP) is 7.34. The molecule has 33 heavy (non-hydrogen) atoms. The molecule has 0 aliphatic carbocycles. The van der Waals surface area contributed by atoms with Gasteiger partial charge in [-0.3, -0.25) is 0 Å². The van der Waals surface area contributed by atoms with Crippen LogP contribution in [0.4, 0.5) is 0 Å². The lowest BCUT2D eigenvalue weighted by molar-refractivity contribution is 0.415. The van der Waals surface area contributed by atoms with Crippen LogP contribution in [0.25, 0.3) is 44.8 Å². The molecule has 5 rings (SSSR count). The Labute approximate surface area is 193 Å². The number of hydrogen-bond acceptors (Lipinski definition) is 2. The molecule has 4 heteroatoms. The topological polar surface area (TPSA) is 61.0 Å². The molecule has 0 aliphatic rings. The highest BCUT2D eigenvalue weighted by Gasteiger charge is 2.13. The number of ether oxygens (including phenoxy) is 1.